The van der Waals surface area contributed by atoms with E-state index in [1.54, 1.807) is 0 Å². The highest BCUT2D eigenvalue weighted by atomic mass is 35.5. The molecule has 0 nitrogen and oxygen atoms in total. The number of rotatable bonds is 14. The van der Waals surface area contributed by atoms with E-state index in [2.05, 4.69) is 13.8 Å². The summed E-state index contributed by atoms with van der Waals surface area (Å²) in [5.41, 5.74) is 0. The van der Waals surface area contributed by atoms with Crippen molar-refractivity contribution in [3.8, 4) is 0 Å². The Hall–Kier alpha value is 0.290. The van der Waals surface area contributed by atoms with Crippen LogP contribution in [0.5, 0.6) is 0 Å². The molecule has 0 aliphatic rings. The van der Waals surface area contributed by atoms with Crippen molar-refractivity contribution in [2.24, 2.45) is 0 Å². The molecule has 110 valence electrons. The first-order chi connectivity index (χ1) is 8.81. The zero-order chi connectivity index (χ0) is 13.5. The summed E-state index contributed by atoms with van der Waals surface area (Å²) in [5, 5.41) is 0.447. The molecule has 0 bridgehead atoms. The van der Waals surface area contributed by atoms with Gasteiger partial charge in [-0.25, -0.2) is 0 Å². The first kappa shape index (κ1) is 18.3. The number of alkyl halides is 1. The van der Waals surface area contributed by atoms with Crippen LogP contribution >= 0.6 is 11.6 Å². The van der Waals surface area contributed by atoms with Gasteiger partial charge in [-0.3, -0.25) is 0 Å². The molecule has 0 aromatic rings. The van der Waals surface area contributed by atoms with Crippen LogP contribution in [-0.2, 0) is 0 Å². The standard InChI is InChI=1S/C17H35Cl/c1-3-5-7-9-11-13-15-17(18)16-14-12-10-8-6-4-2/h17H,3-16H2,1-2H3. The van der Waals surface area contributed by atoms with Crippen LogP contribution in [0.15, 0.2) is 0 Å². The highest BCUT2D eigenvalue weighted by molar-refractivity contribution is 6.20. The van der Waals surface area contributed by atoms with E-state index in [4.69, 9.17) is 11.6 Å². The van der Waals surface area contributed by atoms with E-state index in [0.717, 1.165) is 0 Å². The summed E-state index contributed by atoms with van der Waals surface area (Å²) >= 11 is 6.36. The molecule has 0 radical (unpaired) electrons. The van der Waals surface area contributed by atoms with Gasteiger partial charge in [-0.05, 0) is 12.8 Å². The van der Waals surface area contributed by atoms with Gasteiger partial charge in [0.05, 0.1) is 0 Å². The summed E-state index contributed by atoms with van der Waals surface area (Å²) < 4.78 is 0. The number of unbranched alkanes of at least 4 members (excludes halogenated alkanes) is 10. The van der Waals surface area contributed by atoms with E-state index in [1.165, 1.54) is 89.9 Å². The molecule has 0 heterocycles. The van der Waals surface area contributed by atoms with Crippen molar-refractivity contribution in [2.45, 2.75) is 109 Å². The fourth-order valence-electron chi connectivity index (χ4n) is 2.44. The lowest BCUT2D eigenvalue weighted by Gasteiger charge is -2.09. The molecule has 0 aromatic carbocycles. The van der Waals surface area contributed by atoms with E-state index in [9.17, 15) is 0 Å². The molecule has 0 spiro atoms. The maximum Gasteiger partial charge on any atom is 0.0336 e. The largest absolute Gasteiger partial charge is 0.123 e. The molecule has 0 N–H and O–H groups in total. The van der Waals surface area contributed by atoms with Crippen LogP contribution < -0.4 is 0 Å². The minimum absolute atomic E-state index is 0.447. The minimum Gasteiger partial charge on any atom is -0.123 e. The van der Waals surface area contributed by atoms with Gasteiger partial charge in [0, 0.05) is 5.38 Å². The summed E-state index contributed by atoms with van der Waals surface area (Å²) in [7, 11) is 0. The molecule has 0 fully saturated rings. The first-order valence-corrected chi connectivity index (χ1v) is 8.89. The molecular weight excluding hydrogens is 240 g/mol. The van der Waals surface area contributed by atoms with Gasteiger partial charge in [0.25, 0.3) is 0 Å². The van der Waals surface area contributed by atoms with Crippen molar-refractivity contribution in [3.63, 3.8) is 0 Å². The van der Waals surface area contributed by atoms with Crippen LogP contribution in [0, 0.1) is 0 Å². The van der Waals surface area contributed by atoms with Gasteiger partial charge in [-0.15, -0.1) is 11.6 Å². The van der Waals surface area contributed by atoms with Crippen LogP contribution in [0.3, 0.4) is 0 Å². The van der Waals surface area contributed by atoms with E-state index >= 15 is 0 Å². The third-order valence-corrected chi connectivity index (χ3v) is 4.18. The number of hydrogen-bond acceptors (Lipinski definition) is 0. The average Bonchev–Trinajstić information content (AvgIpc) is 2.38. The van der Waals surface area contributed by atoms with Crippen LogP contribution in [0.2, 0.25) is 0 Å². The molecule has 0 aliphatic heterocycles. The van der Waals surface area contributed by atoms with Crippen molar-refractivity contribution in [1.82, 2.24) is 0 Å². The maximum absolute atomic E-state index is 6.36. The van der Waals surface area contributed by atoms with Crippen molar-refractivity contribution >= 4 is 11.6 Å². The fraction of sp³-hybridized carbons (Fsp3) is 1.00. The molecule has 0 unspecified atom stereocenters. The molecule has 0 aliphatic carbocycles. The molecular formula is C17H35Cl. The Morgan fingerprint density at radius 1 is 0.556 bits per heavy atom. The van der Waals surface area contributed by atoms with Crippen LogP contribution in [-0.4, -0.2) is 5.38 Å². The Labute approximate surface area is 121 Å². The van der Waals surface area contributed by atoms with Gasteiger partial charge in [0.2, 0.25) is 0 Å². The Bertz CT molecular complexity index is 129. The van der Waals surface area contributed by atoms with Crippen molar-refractivity contribution < 1.29 is 0 Å². The van der Waals surface area contributed by atoms with Crippen LogP contribution in [0.4, 0.5) is 0 Å². The van der Waals surface area contributed by atoms with Crippen LogP contribution in [0.1, 0.15) is 104 Å². The quantitative estimate of drug-likeness (QED) is 0.234. The monoisotopic (exact) mass is 274 g/mol. The summed E-state index contributed by atoms with van der Waals surface area (Å²) in [6.45, 7) is 4.55. The van der Waals surface area contributed by atoms with Crippen molar-refractivity contribution in [3.05, 3.63) is 0 Å². The predicted molar refractivity (Wildman–Crippen MR) is 85.6 cm³/mol. The predicted octanol–water partition coefficient (Wildman–Crippen LogP) is 7.10. The van der Waals surface area contributed by atoms with Crippen LogP contribution in [0.25, 0.3) is 0 Å². The Morgan fingerprint density at radius 3 is 1.28 bits per heavy atom. The normalized spacial score (nSPS) is 11.3. The van der Waals surface area contributed by atoms with Gasteiger partial charge < -0.3 is 0 Å². The van der Waals surface area contributed by atoms with E-state index in [1.807, 2.05) is 0 Å². The first-order valence-electron chi connectivity index (χ1n) is 8.45. The van der Waals surface area contributed by atoms with Gasteiger partial charge in [0.15, 0.2) is 0 Å². The number of hydrogen-bond donors (Lipinski definition) is 0. The SMILES string of the molecule is CCCCCCCCC(Cl)CCCCCCCC. The topological polar surface area (TPSA) is 0 Å². The summed E-state index contributed by atoms with van der Waals surface area (Å²) in [5.74, 6) is 0. The molecule has 0 aromatic heterocycles. The lowest BCUT2D eigenvalue weighted by atomic mass is 10.0. The summed E-state index contributed by atoms with van der Waals surface area (Å²) in [6, 6.07) is 0. The third-order valence-electron chi connectivity index (χ3n) is 3.74. The van der Waals surface area contributed by atoms with E-state index in [0.29, 0.717) is 5.38 Å². The Morgan fingerprint density at radius 2 is 0.889 bits per heavy atom. The lowest BCUT2D eigenvalue weighted by Crippen LogP contribution is -1.98. The van der Waals surface area contributed by atoms with Gasteiger partial charge in [-0.1, -0.05) is 90.9 Å². The zero-order valence-electron chi connectivity index (χ0n) is 12.9. The van der Waals surface area contributed by atoms with Gasteiger partial charge in [0.1, 0.15) is 0 Å². The Balaban J connectivity index is 3.10. The van der Waals surface area contributed by atoms with Crippen molar-refractivity contribution in [2.75, 3.05) is 0 Å². The molecule has 1 heteroatoms. The second kappa shape index (κ2) is 15.3. The number of halogens is 1. The van der Waals surface area contributed by atoms with E-state index < -0.39 is 0 Å². The van der Waals surface area contributed by atoms with Gasteiger partial charge in [-0.2, -0.15) is 0 Å². The molecule has 0 rings (SSSR count). The minimum atomic E-state index is 0.447. The highest BCUT2D eigenvalue weighted by Crippen LogP contribution is 2.17. The summed E-state index contributed by atoms with van der Waals surface area (Å²) in [4.78, 5) is 0. The maximum atomic E-state index is 6.36. The van der Waals surface area contributed by atoms with Gasteiger partial charge >= 0.3 is 0 Å². The average molecular weight is 275 g/mol. The Kier molecular flexibility index (Phi) is 15.6. The second-order valence-electron chi connectivity index (χ2n) is 5.71. The molecule has 0 amide bonds. The smallest absolute Gasteiger partial charge is 0.0336 e. The zero-order valence-corrected chi connectivity index (χ0v) is 13.6. The second-order valence-corrected chi connectivity index (χ2v) is 6.33. The lowest BCUT2D eigenvalue weighted by molar-refractivity contribution is 0.539. The molecule has 0 saturated heterocycles. The molecule has 0 atom stereocenters. The molecule has 0 saturated carbocycles. The molecule has 18 heavy (non-hydrogen) atoms. The highest BCUT2D eigenvalue weighted by Gasteiger charge is 2.03. The van der Waals surface area contributed by atoms with Crippen molar-refractivity contribution in [1.29, 1.82) is 0 Å². The fourth-order valence-corrected chi connectivity index (χ4v) is 2.75. The summed E-state index contributed by atoms with van der Waals surface area (Å²) in [6.07, 6.45) is 19.1. The van der Waals surface area contributed by atoms with E-state index in [-0.39, 0.29) is 0 Å². The third kappa shape index (κ3) is 14.4.